The molecule has 1 aliphatic carbocycles. The van der Waals surface area contributed by atoms with Crippen LogP contribution < -0.4 is 10.1 Å². The number of aromatic nitrogens is 1. The van der Waals surface area contributed by atoms with Crippen molar-refractivity contribution in [2.45, 2.75) is 31.6 Å². The van der Waals surface area contributed by atoms with E-state index in [0.29, 0.717) is 18.7 Å². The minimum absolute atomic E-state index is 0.0658. The molecular weight excluding hydrogens is 380 g/mol. The zero-order valence-corrected chi connectivity index (χ0v) is 16.8. The lowest BCUT2D eigenvalue weighted by Crippen LogP contribution is -2.29. The smallest absolute Gasteiger partial charge is 0.233 e. The second kappa shape index (κ2) is 7.06. The number of methoxy groups -OCH3 is 1. The van der Waals surface area contributed by atoms with Crippen molar-refractivity contribution in [3.8, 4) is 11.5 Å². The molecule has 6 nitrogen and oxygen atoms in total. The Morgan fingerprint density at radius 1 is 1.17 bits per heavy atom. The highest BCUT2D eigenvalue weighted by atomic mass is 16.5. The summed E-state index contributed by atoms with van der Waals surface area (Å²) < 4.78 is 11.0. The molecular formula is C24H22N2O4. The lowest BCUT2D eigenvalue weighted by atomic mass is 9.72. The number of nitrogens with zero attached hydrogens (tertiary/aromatic N) is 1. The highest BCUT2D eigenvalue weighted by molar-refractivity contribution is 6.01. The number of carbonyl (C=O) groups is 1. The number of anilines is 1. The van der Waals surface area contributed by atoms with Gasteiger partial charge in [-0.2, -0.15) is 0 Å². The molecule has 0 bridgehead atoms. The van der Waals surface area contributed by atoms with Crippen molar-refractivity contribution >= 4 is 11.7 Å². The van der Waals surface area contributed by atoms with Crippen molar-refractivity contribution in [3.05, 3.63) is 82.2 Å². The van der Waals surface area contributed by atoms with E-state index in [1.807, 2.05) is 43.3 Å². The van der Waals surface area contributed by atoms with Crippen molar-refractivity contribution in [1.29, 1.82) is 0 Å². The number of Topliss-reactive ketones (excluding diaryl/α,β-unsaturated/α-hetero) is 1. The molecule has 3 aromatic rings. The number of hydrogen-bond acceptors (Lipinski definition) is 6. The molecule has 1 aliphatic heterocycles. The Labute approximate surface area is 174 Å². The molecule has 5 rings (SSSR count). The van der Waals surface area contributed by atoms with Gasteiger partial charge < -0.3 is 19.7 Å². The van der Waals surface area contributed by atoms with Crippen LogP contribution in [0.5, 0.6) is 11.5 Å². The van der Waals surface area contributed by atoms with Crippen molar-refractivity contribution in [3.63, 3.8) is 0 Å². The summed E-state index contributed by atoms with van der Waals surface area (Å²) in [4.78, 5) is 13.4. The number of aromatic hydroxyl groups is 1. The van der Waals surface area contributed by atoms with Gasteiger partial charge in [0.05, 0.1) is 18.4 Å². The van der Waals surface area contributed by atoms with E-state index < -0.39 is 0 Å². The van der Waals surface area contributed by atoms with E-state index in [4.69, 9.17) is 9.26 Å². The molecule has 2 atom stereocenters. The number of ketones is 1. The molecule has 6 heteroatoms. The SMILES string of the molecule is COc1cccc([C@H]2C3=C(C[C@@H](c4ccccc4O)CC3=O)Nc3onc(C)c32)c1. The maximum absolute atomic E-state index is 13.4. The fourth-order valence-electron chi connectivity index (χ4n) is 4.68. The third kappa shape index (κ3) is 2.87. The van der Waals surface area contributed by atoms with Crippen molar-refractivity contribution < 1.29 is 19.2 Å². The van der Waals surface area contributed by atoms with Crippen molar-refractivity contribution in [1.82, 2.24) is 5.16 Å². The predicted octanol–water partition coefficient (Wildman–Crippen LogP) is 4.66. The predicted molar refractivity (Wildman–Crippen MR) is 112 cm³/mol. The number of ether oxygens (including phenoxy) is 1. The zero-order chi connectivity index (χ0) is 20.8. The molecule has 0 spiro atoms. The lowest BCUT2D eigenvalue weighted by molar-refractivity contribution is -0.116. The van der Waals surface area contributed by atoms with Crippen LogP contribution in [0.25, 0.3) is 0 Å². The van der Waals surface area contributed by atoms with Crippen LogP contribution in [0.2, 0.25) is 0 Å². The van der Waals surface area contributed by atoms with Gasteiger partial charge in [-0.3, -0.25) is 4.79 Å². The first-order valence-corrected chi connectivity index (χ1v) is 9.98. The number of fused-ring (bicyclic) bond motifs is 1. The van der Waals surface area contributed by atoms with Crippen molar-refractivity contribution in [2.24, 2.45) is 0 Å². The minimum Gasteiger partial charge on any atom is -0.508 e. The Morgan fingerprint density at radius 3 is 2.80 bits per heavy atom. The summed E-state index contributed by atoms with van der Waals surface area (Å²) in [6.07, 6.45) is 0.955. The van der Waals surface area contributed by atoms with Gasteiger partial charge in [0.2, 0.25) is 5.88 Å². The lowest BCUT2D eigenvalue weighted by Gasteiger charge is -2.34. The second-order valence-corrected chi connectivity index (χ2v) is 7.82. The maximum Gasteiger partial charge on any atom is 0.233 e. The highest BCUT2D eigenvalue weighted by Gasteiger charge is 2.41. The zero-order valence-electron chi connectivity index (χ0n) is 16.8. The molecule has 2 N–H and O–H groups in total. The quantitative estimate of drug-likeness (QED) is 0.663. The molecule has 2 heterocycles. The molecule has 0 amide bonds. The van der Waals surface area contributed by atoms with E-state index in [0.717, 1.165) is 39.4 Å². The van der Waals surface area contributed by atoms with Gasteiger partial charge in [-0.25, -0.2) is 0 Å². The summed E-state index contributed by atoms with van der Waals surface area (Å²) in [6.45, 7) is 1.89. The number of phenols is 1. The first kappa shape index (κ1) is 18.5. The number of phenolic OH excluding ortho intramolecular Hbond substituents is 1. The Kier molecular flexibility index (Phi) is 4.35. The Balaban J connectivity index is 1.64. The number of benzene rings is 2. The largest absolute Gasteiger partial charge is 0.508 e. The molecule has 152 valence electrons. The van der Waals surface area contributed by atoms with Gasteiger partial charge in [0, 0.05) is 29.5 Å². The van der Waals surface area contributed by atoms with Crippen LogP contribution in [0.1, 0.15) is 47.1 Å². The minimum atomic E-state index is -0.268. The first-order chi connectivity index (χ1) is 14.6. The topological polar surface area (TPSA) is 84.6 Å². The van der Waals surface area contributed by atoms with Crippen molar-refractivity contribution in [2.75, 3.05) is 12.4 Å². The number of hydrogen-bond donors (Lipinski definition) is 2. The van der Waals surface area contributed by atoms with Crippen LogP contribution in [0.4, 0.5) is 5.88 Å². The van der Waals surface area contributed by atoms with Crippen LogP contribution in [-0.2, 0) is 4.79 Å². The summed E-state index contributed by atoms with van der Waals surface area (Å²) in [5, 5.41) is 17.8. The highest BCUT2D eigenvalue weighted by Crippen LogP contribution is 2.50. The van der Waals surface area contributed by atoms with E-state index >= 15 is 0 Å². The number of para-hydroxylation sites is 1. The average Bonchev–Trinajstić information content (AvgIpc) is 3.13. The standard InChI is InChI=1S/C24H22N2O4/c1-13-21-22(14-6-5-7-16(10-14)29-2)23-18(25-24(21)30-26-13)11-15(12-20(23)28)17-8-3-4-9-19(17)27/h3-10,15,22,25,27H,11-12H2,1-2H3/t15-,22-/m1/s1. The molecule has 0 saturated carbocycles. The Bertz CT molecular complexity index is 1180. The van der Waals surface area contributed by atoms with E-state index in [9.17, 15) is 9.90 Å². The molecule has 30 heavy (non-hydrogen) atoms. The van der Waals surface area contributed by atoms with Crippen LogP contribution in [-0.4, -0.2) is 23.2 Å². The van der Waals surface area contributed by atoms with E-state index in [2.05, 4.69) is 10.5 Å². The number of aryl methyl sites for hydroxylation is 1. The Hall–Kier alpha value is -3.54. The molecule has 0 radical (unpaired) electrons. The number of rotatable bonds is 3. The molecule has 0 fully saturated rings. The van der Waals surface area contributed by atoms with Crippen LogP contribution in [0.15, 0.2) is 64.3 Å². The molecule has 0 saturated heterocycles. The van der Waals surface area contributed by atoms with Crippen LogP contribution in [0.3, 0.4) is 0 Å². The average molecular weight is 402 g/mol. The summed E-state index contributed by atoms with van der Waals surface area (Å²) in [6, 6.07) is 15.0. The second-order valence-electron chi connectivity index (χ2n) is 7.82. The third-order valence-corrected chi connectivity index (χ3v) is 6.06. The third-order valence-electron chi connectivity index (χ3n) is 6.06. The summed E-state index contributed by atoms with van der Waals surface area (Å²) >= 11 is 0. The van der Waals surface area contributed by atoms with Gasteiger partial charge in [0.1, 0.15) is 11.5 Å². The molecule has 1 aromatic heterocycles. The normalized spacial score (nSPS) is 20.4. The number of carbonyl (C=O) groups excluding carboxylic acids is 1. The van der Waals surface area contributed by atoms with Gasteiger partial charge in [0.25, 0.3) is 0 Å². The van der Waals surface area contributed by atoms with Crippen LogP contribution in [0, 0.1) is 6.92 Å². The van der Waals surface area contributed by atoms with Gasteiger partial charge >= 0.3 is 0 Å². The van der Waals surface area contributed by atoms with Gasteiger partial charge in [-0.05, 0) is 42.7 Å². The van der Waals surface area contributed by atoms with E-state index in [-0.39, 0.29) is 23.4 Å². The molecule has 2 aromatic carbocycles. The van der Waals surface area contributed by atoms with E-state index in [1.54, 1.807) is 19.2 Å². The van der Waals surface area contributed by atoms with Gasteiger partial charge in [0.15, 0.2) is 5.78 Å². The first-order valence-electron chi connectivity index (χ1n) is 9.98. The van der Waals surface area contributed by atoms with Gasteiger partial charge in [-0.1, -0.05) is 35.5 Å². The fraction of sp³-hybridized carbons (Fsp3) is 0.250. The summed E-state index contributed by atoms with van der Waals surface area (Å²) in [7, 11) is 1.63. The van der Waals surface area contributed by atoms with Gasteiger partial charge in [-0.15, -0.1) is 0 Å². The summed E-state index contributed by atoms with van der Waals surface area (Å²) in [5.41, 5.74) is 4.97. The van der Waals surface area contributed by atoms with Crippen LogP contribution >= 0.6 is 0 Å². The maximum atomic E-state index is 13.4. The fourth-order valence-corrected chi connectivity index (χ4v) is 4.68. The molecule has 2 aliphatic rings. The number of allylic oxidation sites excluding steroid dienone is 2. The number of nitrogens with one attached hydrogen (secondary N) is 1. The monoisotopic (exact) mass is 402 g/mol. The summed E-state index contributed by atoms with van der Waals surface area (Å²) in [5.74, 6) is 1.23. The molecule has 0 unspecified atom stereocenters. The Morgan fingerprint density at radius 2 is 2.00 bits per heavy atom. The van der Waals surface area contributed by atoms with E-state index in [1.165, 1.54) is 0 Å².